The molecule has 0 N–H and O–H groups in total. The summed E-state index contributed by atoms with van der Waals surface area (Å²) in [4.78, 5) is 8.00. The zero-order valence-corrected chi connectivity index (χ0v) is 11.5. The largest absolute Gasteiger partial charge is 0.383 e. The number of thiazole rings is 1. The van der Waals surface area contributed by atoms with Gasteiger partial charge in [-0.25, -0.2) is 4.98 Å². The summed E-state index contributed by atoms with van der Waals surface area (Å²) in [6.45, 7) is 7.24. The van der Waals surface area contributed by atoms with Crippen LogP contribution in [0.5, 0.6) is 0 Å². The van der Waals surface area contributed by atoms with Crippen molar-refractivity contribution in [3.8, 4) is 6.07 Å². The van der Waals surface area contributed by atoms with Crippen LogP contribution in [0.1, 0.15) is 22.0 Å². The van der Waals surface area contributed by atoms with Crippen molar-refractivity contribution in [3.05, 3.63) is 15.6 Å². The Bertz CT molecular complexity index is 364. The Balaban J connectivity index is 2.55. The van der Waals surface area contributed by atoms with Crippen LogP contribution in [0.3, 0.4) is 0 Å². The van der Waals surface area contributed by atoms with E-state index in [9.17, 15) is 0 Å². The first kappa shape index (κ1) is 14.1. The number of nitrogens with zero attached hydrogens (tertiary/aromatic N) is 3. The summed E-state index contributed by atoms with van der Waals surface area (Å²) in [7, 11) is 1.69. The van der Waals surface area contributed by atoms with Crippen molar-refractivity contribution in [3.63, 3.8) is 0 Å². The molecule has 0 radical (unpaired) electrons. The van der Waals surface area contributed by atoms with Crippen LogP contribution in [-0.2, 0) is 11.3 Å². The lowest BCUT2D eigenvalue weighted by atomic mass is 10.4. The molecule has 0 aromatic carbocycles. The van der Waals surface area contributed by atoms with E-state index in [1.54, 1.807) is 18.4 Å². The molecular formula is C12H19N3OS. The second-order valence-corrected chi connectivity index (χ2v) is 5.21. The lowest BCUT2D eigenvalue weighted by Crippen LogP contribution is -2.27. The number of ether oxygens (including phenoxy) is 1. The average molecular weight is 253 g/mol. The molecule has 0 fully saturated rings. The first-order chi connectivity index (χ1) is 8.17. The zero-order chi connectivity index (χ0) is 12.7. The van der Waals surface area contributed by atoms with Crippen molar-refractivity contribution in [1.29, 1.82) is 5.26 Å². The van der Waals surface area contributed by atoms with Gasteiger partial charge in [0.1, 0.15) is 5.01 Å². The maximum atomic E-state index is 8.63. The van der Waals surface area contributed by atoms with Crippen LogP contribution in [0.2, 0.25) is 0 Å². The minimum absolute atomic E-state index is 0.549. The van der Waals surface area contributed by atoms with E-state index in [1.165, 1.54) is 4.88 Å². The highest BCUT2D eigenvalue weighted by atomic mass is 32.1. The number of rotatable bonds is 7. The molecule has 0 unspecified atom stereocenters. The summed E-state index contributed by atoms with van der Waals surface area (Å²) in [5, 5.41) is 9.75. The molecule has 0 amide bonds. The number of aryl methyl sites for hydroxylation is 2. The Kier molecular flexibility index (Phi) is 6.12. The molecule has 0 aliphatic carbocycles. The standard InChI is InChI=1S/C12H19N3OS/c1-10-11(2)17-12(14-10)9-15(6-4-5-13)7-8-16-3/h4,6-9H2,1-3H3. The SMILES string of the molecule is COCCN(CCC#N)Cc1nc(C)c(C)s1. The number of hydrogen-bond acceptors (Lipinski definition) is 5. The van der Waals surface area contributed by atoms with Crippen LogP contribution < -0.4 is 0 Å². The average Bonchev–Trinajstić information content (AvgIpc) is 2.62. The minimum Gasteiger partial charge on any atom is -0.383 e. The third-order valence-corrected chi connectivity index (χ3v) is 3.64. The summed E-state index contributed by atoms with van der Waals surface area (Å²) in [6, 6.07) is 2.18. The minimum atomic E-state index is 0.549. The van der Waals surface area contributed by atoms with Gasteiger partial charge < -0.3 is 4.74 Å². The molecule has 0 bridgehead atoms. The molecule has 1 aromatic heterocycles. The van der Waals surface area contributed by atoms with E-state index in [2.05, 4.69) is 22.9 Å². The highest BCUT2D eigenvalue weighted by Crippen LogP contribution is 2.18. The summed E-state index contributed by atoms with van der Waals surface area (Å²) in [6.07, 6.45) is 0.549. The Labute approximate surface area is 107 Å². The van der Waals surface area contributed by atoms with E-state index >= 15 is 0 Å². The summed E-state index contributed by atoms with van der Waals surface area (Å²) in [5.74, 6) is 0. The van der Waals surface area contributed by atoms with Crippen LogP contribution in [0.4, 0.5) is 0 Å². The molecule has 94 valence electrons. The number of hydrogen-bond donors (Lipinski definition) is 0. The van der Waals surface area contributed by atoms with Gasteiger partial charge in [-0.05, 0) is 13.8 Å². The van der Waals surface area contributed by atoms with Gasteiger partial charge in [-0.1, -0.05) is 0 Å². The van der Waals surface area contributed by atoms with E-state index in [1.807, 2.05) is 6.92 Å². The van der Waals surface area contributed by atoms with Gasteiger partial charge in [0.2, 0.25) is 0 Å². The second-order valence-electron chi connectivity index (χ2n) is 3.93. The van der Waals surface area contributed by atoms with Gasteiger partial charge in [0, 0.05) is 31.5 Å². The molecule has 1 rings (SSSR count). The van der Waals surface area contributed by atoms with Crippen LogP contribution in [0.25, 0.3) is 0 Å². The molecule has 0 saturated heterocycles. The number of nitriles is 1. The molecule has 0 aliphatic heterocycles. The quantitative estimate of drug-likeness (QED) is 0.747. The molecule has 0 saturated carbocycles. The van der Waals surface area contributed by atoms with Crippen molar-refractivity contribution >= 4 is 11.3 Å². The Morgan fingerprint density at radius 2 is 2.18 bits per heavy atom. The molecule has 0 atom stereocenters. The zero-order valence-electron chi connectivity index (χ0n) is 10.7. The molecule has 17 heavy (non-hydrogen) atoms. The smallest absolute Gasteiger partial charge is 0.107 e. The van der Waals surface area contributed by atoms with Crippen molar-refractivity contribution in [2.75, 3.05) is 26.8 Å². The highest BCUT2D eigenvalue weighted by Gasteiger charge is 2.09. The summed E-state index contributed by atoms with van der Waals surface area (Å²) < 4.78 is 5.08. The van der Waals surface area contributed by atoms with Gasteiger partial charge in [-0.15, -0.1) is 11.3 Å². The van der Waals surface area contributed by atoms with E-state index < -0.39 is 0 Å². The maximum absolute atomic E-state index is 8.63. The van der Waals surface area contributed by atoms with Crippen molar-refractivity contribution < 1.29 is 4.74 Å². The lowest BCUT2D eigenvalue weighted by molar-refractivity contribution is 0.145. The van der Waals surface area contributed by atoms with Crippen molar-refractivity contribution in [1.82, 2.24) is 9.88 Å². The molecule has 1 heterocycles. The topological polar surface area (TPSA) is 49.1 Å². The number of methoxy groups -OCH3 is 1. The molecule has 1 aromatic rings. The summed E-state index contributed by atoms with van der Waals surface area (Å²) in [5.41, 5.74) is 1.11. The Morgan fingerprint density at radius 3 is 2.71 bits per heavy atom. The highest BCUT2D eigenvalue weighted by molar-refractivity contribution is 7.11. The monoisotopic (exact) mass is 253 g/mol. The predicted molar refractivity (Wildman–Crippen MR) is 69.0 cm³/mol. The van der Waals surface area contributed by atoms with Crippen molar-refractivity contribution in [2.45, 2.75) is 26.8 Å². The first-order valence-electron chi connectivity index (χ1n) is 5.68. The predicted octanol–water partition coefficient (Wildman–Crippen LogP) is 2.12. The van der Waals surface area contributed by atoms with E-state index in [0.29, 0.717) is 13.0 Å². The van der Waals surface area contributed by atoms with E-state index in [0.717, 1.165) is 30.3 Å². The molecule has 4 nitrogen and oxygen atoms in total. The molecule has 0 spiro atoms. The van der Waals surface area contributed by atoms with Gasteiger partial charge >= 0.3 is 0 Å². The fraction of sp³-hybridized carbons (Fsp3) is 0.667. The summed E-state index contributed by atoms with van der Waals surface area (Å²) >= 11 is 1.73. The molecular weight excluding hydrogens is 234 g/mol. The Hall–Kier alpha value is -0.960. The molecule has 0 aliphatic rings. The lowest BCUT2D eigenvalue weighted by Gasteiger charge is -2.19. The van der Waals surface area contributed by atoms with E-state index in [-0.39, 0.29) is 0 Å². The second kappa shape index (κ2) is 7.38. The normalized spacial score (nSPS) is 10.8. The van der Waals surface area contributed by atoms with Crippen LogP contribution >= 0.6 is 11.3 Å². The van der Waals surface area contributed by atoms with Crippen LogP contribution in [-0.4, -0.2) is 36.7 Å². The number of aromatic nitrogens is 1. The van der Waals surface area contributed by atoms with Gasteiger partial charge in [-0.3, -0.25) is 4.90 Å². The fourth-order valence-corrected chi connectivity index (χ4v) is 2.47. The van der Waals surface area contributed by atoms with Gasteiger partial charge in [0.25, 0.3) is 0 Å². The van der Waals surface area contributed by atoms with E-state index in [4.69, 9.17) is 10.00 Å². The van der Waals surface area contributed by atoms with Crippen LogP contribution in [0.15, 0.2) is 0 Å². The fourth-order valence-electron chi connectivity index (χ4n) is 1.50. The van der Waals surface area contributed by atoms with Gasteiger partial charge in [0.15, 0.2) is 0 Å². The first-order valence-corrected chi connectivity index (χ1v) is 6.50. The third-order valence-electron chi connectivity index (χ3n) is 2.58. The van der Waals surface area contributed by atoms with Crippen LogP contribution in [0, 0.1) is 25.2 Å². The third kappa shape index (κ3) is 4.82. The van der Waals surface area contributed by atoms with Gasteiger partial charge in [-0.2, -0.15) is 5.26 Å². The molecule has 5 heteroatoms. The Morgan fingerprint density at radius 1 is 1.41 bits per heavy atom. The van der Waals surface area contributed by atoms with Crippen molar-refractivity contribution in [2.24, 2.45) is 0 Å². The maximum Gasteiger partial charge on any atom is 0.107 e. The van der Waals surface area contributed by atoms with Gasteiger partial charge in [0.05, 0.1) is 24.9 Å².